The number of aryl methyl sites for hydroxylation is 2. The highest BCUT2D eigenvalue weighted by Gasteiger charge is 2.15. The molecule has 3 aromatic carbocycles. The summed E-state index contributed by atoms with van der Waals surface area (Å²) in [6.07, 6.45) is 2.11. The van der Waals surface area contributed by atoms with E-state index in [1.807, 2.05) is 0 Å². The molecule has 26 heavy (non-hydrogen) atoms. The molecule has 1 heterocycles. The molecular weight excluding hydrogens is 382 g/mol. The predicted octanol–water partition coefficient (Wildman–Crippen LogP) is 7.26. The summed E-state index contributed by atoms with van der Waals surface area (Å²) in [5.41, 5.74) is 9.33. The molecular formula is C24H24BrN. The number of benzene rings is 3. The zero-order valence-electron chi connectivity index (χ0n) is 15.6. The topological polar surface area (TPSA) is 12.0 Å². The van der Waals surface area contributed by atoms with E-state index in [4.69, 9.17) is 0 Å². The van der Waals surface area contributed by atoms with Crippen LogP contribution < -0.4 is 5.32 Å². The van der Waals surface area contributed by atoms with Crippen molar-refractivity contribution in [1.82, 2.24) is 0 Å². The van der Waals surface area contributed by atoms with E-state index < -0.39 is 0 Å². The third-order valence-corrected chi connectivity index (χ3v) is 5.68. The van der Waals surface area contributed by atoms with Crippen LogP contribution in [0.25, 0.3) is 11.1 Å². The van der Waals surface area contributed by atoms with E-state index in [0.717, 1.165) is 17.3 Å². The lowest BCUT2D eigenvalue weighted by molar-refractivity contribution is 0.590. The van der Waals surface area contributed by atoms with Crippen molar-refractivity contribution < 1.29 is 0 Å². The van der Waals surface area contributed by atoms with Crippen molar-refractivity contribution in [2.75, 3.05) is 5.32 Å². The van der Waals surface area contributed by atoms with Gasteiger partial charge in [-0.25, -0.2) is 0 Å². The van der Waals surface area contributed by atoms with Crippen molar-refractivity contribution in [2.45, 2.75) is 39.0 Å². The third-order valence-electron chi connectivity index (χ3n) is 5.19. The minimum Gasteiger partial charge on any atom is -0.355 e. The van der Waals surface area contributed by atoms with Crippen LogP contribution in [0.1, 0.15) is 37.5 Å². The first-order chi connectivity index (χ1) is 12.4. The van der Waals surface area contributed by atoms with Gasteiger partial charge >= 0.3 is 0 Å². The third kappa shape index (κ3) is 3.43. The predicted molar refractivity (Wildman–Crippen MR) is 115 cm³/mol. The second kappa shape index (κ2) is 6.59. The molecule has 1 aliphatic heterocycles. The number of hydrogen-bond acceptors (Lipinski definition) is 1. The first kappa shape index (κ1) is 17.4. The van der Waals surface area contributed by atoms with Gasteiger partial charge in [-0.3, -0.25) is 0 Å². The summed E-state index contributed by atoms with van der Waals surface area (Å²) >= 11 is 3.59. The van der Waals surface area contributed by atoms with Crippen LogP contribution in [0.15, 0.2) is 65.1 Å². The Balaban J connectivity index is 1.65. The highest BCUT2D eigenvalue weighted by molar-refractivity contribution is 9.10. The molecule has 0 fully saturated rings. The summed E-state index contributed by atoms with van der Waals surface area (Å²) in [5, 5.41) is 3.62. The fraction of sp³-hybridized carbons (Fsp3) is 0.250. The van der Waals surface area contributed by atoms with Crippen LogP contribution in [-0.4, -0.2) is 0 Å². The maximum Gasteiger partial charge on any atom is 0.0417 e. The van der Waals surface area contributed by atoms with Gasteiger partial charge in [-0.15, -0.1) is 0 Å². The Kier molecular flexibility index (Phi) is 4.40. The van der Waals surface area contributed by atoms with Crippen molar-refractivity contribution in [3.05, 3.63) is 81.8 Å². The van der Waals surface area contributed by atoms with E-state index in [1.165, 1.54) is 39.2 Å². The van der Waals surface area contributed by atoms with E-state index >= 15 is 0 Å². The molecule has 0 saturated heterocycles. The van der Waals surface area contributed by atoms with Crippen LogP contribution in [0.4, 0.5) is 11.4 Å². The lowest BCUT2D eigenvalue weighted by Crippen LogP contribution is -2.10. The maximum atomic E-state index is 3.62. The monoisotopic (exact) mass is 405 g/mol. The summed E-state index contributed by atoms with van der Waals surface area (Å²) < 4.78 is 1.14. The maximum absolute atomic E-state index is 3.62. The molecule has 4 rings (SSSR count). The summed E-state index contributed by atoms with van der Waals surface area (Å²) in [5.74, 6) is 0. The molecule has 0 radical (unpaired) electrons. The van der Waals surface area contributed by atoms with Gasteiger partial charge in [0.15, 0.2) is 0 Å². The van der Waals surface area contributed by atoms with Gasteiger partial charge in [-0.05, 0) is 76.4 Å². The second-order valence-electron chi connectivity index (χ2n) is 8.13. The highest BCUT2D eigenvalue weighted by Crippen LogP contribution is 2.34. The van der Waals surface area contributed by atoms with Gasteiger partial charge in [-0.2, -0.15) is 0 Å². The Labute approximate surface area is 164 Å². The first-order valence-electron chi connectivity index (χ1n) is 9.19. The van der Waals surface area contributed by atoms with Crippen LogP contribution in [0.2, 0.25) is 0 Å². The smallest absolute Gasteiger partial charge is 0.0417 e. The van der Waals surface area contributed by atoms with Crippen molar-refractivity contribution >= 4 is 27.3 Å². The van der Waals surface area contributed by atoms with Crippen molar-refractivity contribution in [2.24, 2.45) is 0 Å². The van der Waals surface area contributed by atoms with E-state index in [9.17, 15) is 0 Å². The van der Waals surface area contributed by atoms with Gasteiger partial charge in [0.1, 0.15) is 0 Å². The van der Waals surface area contributed by atoms with Crippen molar-refractivity contribution in [1.29, 1.82) is 0 Å². The average molecular weight is 406 g/mol. The van der Waals surface area contributed by atoms with Gasteiger partial charge in [0, 0.05) is 15.8 Å². The van der Waals surface area contributed by atoms with Gasteiger partial charge in [0.05, 0.1) is 0 Å². The van der Waals surface area contributed by atoms with Crippen LogP contribution in [-0.2, 0) is 18.3 Å². The fourth-order valence-electron chi connectivity index (χ4n) is 3.57. The second-order valence-corrected chi connectivity index (χ2v) is 9.04. The molecule has 3 aromatic rings. The standard InChI is InChI=1S/C24H24BrN/c1-24(2,3)20-9-6-16(7-10-20)17-8-12-22-18(14-17)4-5-19-15-21(25)11-13-23(19)26-22/h6-15,26H,4-5H2,1-3H3. The molecule has 0 saturated carbocycles. The van der Waals surface area contributed by atoms with E-state index in [1.54, 1.807) is 0 Å². The van der Waals surface area contributed by atoms with E-state index in [2.05, 4.69) is 103 Å². The lowest BCUT2D eigenvalue weighted by Gasteiger charge is -2.19. The molecule has 2 heteroatoms. The Morgan fingerprint density at radius 2 is 1.31 bits per heavy atom. The summed E-state index contributed by atoms with van der Waals surface area (Å²) in [6, 6.07) is 22.3. The number of fused-ring (bicyclic) bond motifs is 2. The molecule has 0 bridgehead atoms. The average Bonchev–Trinajstić information content (AvgIpc) is 2.79. The normalized spacial score (nSPS) is 13.4. The van der Waals surface area contributed by atoms with E-state index in [0.29, 0.717) is 0 Å². The van der Waals surface area contributed by atoms with Crippen LogP contribution in [0.5, 0.6) is 0 Å². The molecule has 1 N–H and O–H groups in total. The molecule has 0 aliphatic carbocycles. The number of rotatable bonds is 1. The summed E-state index contributed by atoms with van der Waals surface area (Å²) in [6.45, 7) is 6.77. The number of nitrogens with one attached hydrogen (secondary N) is 1. The SMILES string of the molecule is CC(C)(C)c1ccc(-c2ccc3c(c2)CCc2cc(Br)ccc2N3)cc1. The minimum absolute atomic E-state index is 0.191. The molecule has 0 amide bonds. The zero-order valence-corrected chi connectivity index (χ0v) is 17.2. The zero-order chi connectivity index (χ0) is 18.3. The molecule has 132 valence electrons. The van der Waals surface area contributed by atoms with Gasteiger partial charge in [0.2, 0.25) is 0 Å². The number of anilines is 2. The Morgan fingerprint density at radius 1 is 0.731 bits per heavy atom. The van der Waals surface area contributed by atoms with Gasteiger partial charge in [-0.1, -0.05) is 67.0 Å². The summed E-state index contributed by atoms with van der Waals surface area (Å²) in [4.78, 5) is 0. The molecule has 0 atom stereocenters. The molecule has 0 unspecified atom stereocenters. The molecule has 1 aliphatic rings. The molecule has 1 nitrogen and oxygen atoms in total. The van der Waals surface area contributed by atoms with E-state index in [-0.39, 0.29) is 5.41 Å². The minimum atomic E-state index is 0.191. The Morgan fingerprint density at radius 3 is 1.96 bits per heavy atom. The quantitative estimate of drug-likeness (QED) is 0.449. The highest BCUT2D eigenvalue weighted by atomic mass is 79.9. The molecule has 0 spiro atoms. The first-order valence-corrected chi connectivity index (χ1v) is 9.99. The fourth-order valence-corrected chi connectivity index (χ4v) is 3.98. The van der Waals surface area contributed by atoms with Gasteiger partial charge in [0.25, 0.3) is 0 Å². The van der Waals surface area contributed by atoms with Crippen LogP contribution >= 0.6 is 15.9 Å². The molecule has 0 aromatic heterocycles. The largest absolute Gasteiger partial charge is 0.355 e. The van der Waals surface area contributed by atoms with Crippen molar-refractivity contribution in [3.8, 4) is 11.1 Å². The lowest BCUT2D eigenvalue weighted by atomic mass is 9.86. The van der Waals surface area contributed by atoms with Crippen LogP contribution in [0.3, 0.4) is 0 Å². The van der Waals surface area contributed by atoms with Crippen molar-refractivity contribution in [3.63, 3.8) is 0 Å². The van der Waals surface area contributed by atoms with Gasteiger partial charge < -0.3 is 5.32 Å². The number of halogens is 1. The number of hydrogen-bond donors (Lipinski definition) is 1. The van der Waals surface area contributed by atoms with Crippen LogP contribution in [0, 0.1) is 0 Å². The Bertz CT molecular complexity index is 949. The summed E-state index contributed by atoms with van der Waals surface area (Å²) in [7, 11) is 0. The Hall–Kier alpha value is -2.06.